The predicted octanol–water partition coefficient (Wildman–Crippen LogP) is 4.67. The van der Waals surface area contributed by atoms with Crippen LogP contribution < -0.4 is 0 Å². The van der Waals surface area contributed by atoms with Crippen molar-refractivity contribution in [3.05, 3.63) is 40.1 Å². The van der Waals surface area contributed by atoms with Gasteiger partial charge in [0, 0.05) is 23.6 Å². The van der Waals surface area contributed by atoms with Gasteiger partial charge in [-0.25, -0.2) is 4.79 Å². The second-order valence-corrected chi connectivity index (χ2v) is 6.21. The Labute approximate surface area is 129 Å². The van der Waals surface area contributed by atoms with Crippen molar-refractivity contribution in [2.75, 3.05) is 0 Å². The van der Waals surface area contributed by atoms with Crippen molar-refractivity contribution in [2.24, 2.45) is 5.92 Å². The topological polar surface area (TPSA) is 42.2 Å². The highest BCUT2D eigenvalue weighted by atomic mass is 35.5. The summed E-state index contributed by atoms with van der Waals surface area (Å²) in [6, 6.07) is 4.20. The van der Waals surface area contributed by atoms with Crippen LogP contribution in [0.5, 0.6) is 0 Å². The van der Waals surface area contributed by atoms with E-state index in [0.717, 1.165) is 34.7 Å². The first-order chi connectivity index (χ1) is 9.81. The molecule has 0 aliphatic heterocycles. The van der Waals surface area contributed by atoms with Crippen LogP contribution in [0.4, 0.5) is 0 Å². The Bertz CT molecular complexity index is 726. The van der Waals surface area contributed by atoms with Crippen LogP contribution in [-0.4, -0.2) is 15.6 Å². The zero-order valence-electron chi connectivity index (χ0n) is 12.8. The van der Waals surface area contributed by atoms with E-state index in [4.69, 9.17) is 16.7 Å². The van der Waals surface area contributed by atoms with Gasteiger partial charge in [-0.2, -0.15) is 0 Å². The lowest BCUT2D eigenvalue weighted by Crippen LogP contribution is -2.04. The lowest BCUT2D eigenvalue weighted by Gasteiger charge is -2.10. The van der Waals surface area contributed by atoms with Crippen LogP contribution in [0.25, 0.3) is 17.0 Å². The summed E-state index contributed by atoms with van der Waals surface area (Å²) in [5, 5.41) is 10.5. The van der Waals surface area contributed by atoms with Crippen LogP contribution >= 0.6 is 11.6 Å². The average molecular weight is 306 g/mol. The molecule has 0 saturated carbocycles. The van der Waals surface area contributed by atoms with E-state index in [1.54, 1.807) is 6.08 Å². The molecular formula is C17H20ClNO2. The summed E-state index contributed by atoms with van der Waals surface area (Å²) < 4.78 is 2.07. The second-order valence-electron chi connectivity index (χ2n) is 5.86. The van der Waals surface area contributed by atoms with Crippen molar-refractivity contribution < 1.29 is 9.90 Å². The van der Waals surface area contributed by atoms with Crippen molar-refractivity contribution >= 4 is 34.5 Å². The van der Waals surface area contributed by atoms with E-state index in [0.29, 0.717) is 11.1 Å². The number of fused-ring (bicyclic) bond motifs is 1. The summed E-state index contributed by atoms with van der Waals surface area (Å²) >= 11 is 6.52. The minimum atomic E-state index is -0.972. The van der Waals surface area contributed by atoms with Crippen molar-refractivity contribution in [2.45, 2.75) is 34.2 Å². The van der Waals surface area contributed by atoms with Crippen LogP contribution in [0.2, 0.25) is 5.15 Å². The molecule has 0 saturated heterocycles. The van der Waals surface area contributed by atoms with Crippen molar-refractivity contribution in [3.8, 4) is 0 Å². The van der Waals surface area contributed by atoms with Gasteiger partial charge in [-0.1, -0.05) is 31.5 Å². The molecule has 0 radical (unpaired) electrons. The van der Waals surface area contributed by atoms with Gasteiger partial charge in [-0.15, -0.1) is 0 Å². The van der Waals surface area contributed by atoms with Gasteiger partial charge >= 0.3 is 5.97 Å². The number of rotatable bonds is 4. The summed E-state index contributed by atoms with van der Waals surface area (Å²) in [5.41, 5.74) is 4.14. The van der Waals surface area contributed by atoms with E-state index in [1.165, 1.54) is 5.56 Å². The predicted molar refractivity (Wildman–Crippen MR) is 87.9 cm³/mol. The monoisotopic (exact) mass is 305 g/mol. The van der Waals surface area contributed by atoms with Gasteiger partial charge < -0.3 is 9.67 Å². The maximum Gasteiger partial charge on any atom is 0.328 e. The zero-order chi connectivity index (χ0) is 15.7. The molecule has 0 atom stereocenters. The second kappa shape index (κ2) is 5.94. The third-order valence-electron chi connectivity index (χ3n) is 3.42. The molecule has 3 nitrogen and oxygen atoms in total. The van der Waals surface area contributed by atoms with E-state index in [9.17, 15) is 4.79 Å². The molecule has 0 amide bonds. The fourth-order valence-corrected chi connectivity index (χ4v) is 3.03. The molecule has 0 unspecified atom stereocenters. The Balaban J connectivity index is 2.78. The van der Waals surface area contributed by atoms with Crippen LogP contribution in [-0.2, 0) is 11.3 Å². The molecule has 0 fully saturated rings. The molecule has 1 N–H and O–H groups in total. The number of hydrogen-bond donors (Lipinski definition) is 1. The minimum Gasteiger partial charge on any atom is -0.478 e. The number of carboxylic acid groups (broad SMARTS) is 1. The van der Waals surface area contributed by atoms with E-state index >= 15 is 0 Å². The molecule has 0 spiro atoms. The zero-order valence-corrected chi connectivity index (χ0v) is 13.5. The number of halogens is 1. The van der Waals surface area contributed by atoms with E-state index in [1.807, 2.05) is 6.92 Å². The Morgan fingerprint density at radius 3 is 2.62 bits per heavy atom. The van der Waals surface area contributed by atoms with Crippen LogP contribution in [0.1, 0.15) is 30.5 Å². The number of carbonyl (C=O) groups is 1. The number of hydrogen-bond acceptors (Lipinski definition) is 1. The van der Waals surface area contributed by atoms with Gasteiger partial charge in [0.25, 0.3) is 0 Å². The Morgan fingerprint density at radius 2 is 2.05 bits per heavy atom. The van der Waals surface area contributed by atoms with Crippen molar-refractivity contribution in [3.63, 3.8) is 0 Å². The van der Waals surface area contributed by atoms with Gasteiger partial charge in [-0.05, 0) is 43.0 Å². The minimum absolute atomic E-state index is 0.454. The van der Waals surface area contributed by atoms with Gasteiger partial charge in [0.15, 0.2) is 0 Å². The fourth-order valence-electron chi connectivity index (χ4n) is 2.71. The summed E-state index contributed by atoms with van der Waals surface area (Å²) in [7, 11) is 0. The van der Waals surface area contributed by atoms with Crippen LogP contribution in [0.3, 0.4) is 0 Å². The van der Waals surface area contributed by atoms with E-state index < -0.39 is 5.97 Å². The molecule has 4 heteroatoms. The number of nitrogens with zero attached hydrogens (tertiary/aromatic N) is 1. The highest BCUT2D eigenvalue weighted by Gasteiger charge is 2.17. The first kappa shape index (κ1) is 15.6. The molecule has 0 bridgehead atoms. The normalized spacial score (nSPS) is 11.9. The fraction of sp³-hybridized carbons (Fsp3) is 0.353. The Morgan fingerprint density at radius 1 is 1.38 bits per heavy atom. The van der Waals surface area contributed by atoms with Gasteiger partial charge in [0.2, 0.25) is 0 Å². The lowest BCUT2D eigenvalue weighted by atomic mass is 10.0. The van der Waals surface area contributed by atoms with Gasteiger partial charge in [0.05, 0.1) is 5.52 Å². The van der Waals surface area contributed by atoms with E-state index in [2.05, 4.69) is 37.5 Å². The maximum atomic E-state index is 10.8. The summed E-state index contributed by atoms with van der Waals surface area (Å²) in [6.45, 7) is 9.16. The third-order valence-corrected chi connectivity index (χ3v) is 3.83. The van der Waals surface area contributed by atoms with Crippen LogP contribution in [0, 0.1) is 19.8 Å². The smallest absolute Gasteiger partial charge is 0.328 e. The number of aliphatic carboxylic acids is 1. The number of carboxylic acids is 1. The quantitative estimate of drug-likeness (QED) is 0.834. The first-order valence-electron chi connectivity index (χ1n) is 7.01. The molecule has 0 aliphatic rings. The molecule has 1 aromatic carbocycles. The number of aryl methyl sites for hydroxylation is 2. The molecule has 2 aromatic rings. The molecule has 1 heterocycles. The van der Waals surface area contributed by atoms with Crippen LogP contribution in [0.15, 0.2) is 18.2 Å². The SMILES string of the molecule is Cc1cc(C)c2c(/C=C/C(=O)O)c(Cl)n(CC(C)C)c2c1. The Hall–Kier alpha value is -1.74. The number of benzene rings is 1. The van der Waals surface area contributed by atoms with Gasteiger partial charge in [0.1, 0.15) is 5.15 Å². The standard InChI is InChI=1S/C17H20ClNO2/c1-10(2)9-19-14-8-11(3)7-12(4)16(14)13(17(19)18)5-6-15(20)21/h5-8,10H,9H2,1-4H3,(H,20,21)/b6-5+. The molecule has 2 rings (SSSR count). The highest BCUT2D eigenvalue weighted by molar-refractivity contribution is 6.33. The third kappa shape index (κ3) is 3.13. The molecular weight excluding hydrogens is 286 g/mol. The van der Waals surface area contributed by atoms with E-state index in [-0.39, 0.29) is 0 Å². The average Bonchev–Trinajstić information content (AvgIpc) is 2.60. The largest absolute Gasteiger partial charge is 0.478 e. The summed E-state index contributed by atoms with van der Waals surface area (Å²) in [6.07, 6.45) is 2.73. The Kier molecular flexibility index (Phi) is 4.43. The van der Waals surface area contributed by atoms with Gasteiger partial charge in [-0.3, -0.25) is 0 Å². The molecule has 1 aromatic heterocycles. The van der Waals surface area contributed by atoms with Crippen molar-refractivity contribution in [1.82, 2.24) is 4.57 Å². The lowest BCUT2D eigenvalue weighted by molar-refractivity contribution is -0.131. The molecule has 21 heavy (non-hydrogen) atoms. The van der Waals surface area contributed by atoms with Crippen molar-refractivity contribution in [1.29, 1.82) is 0 Å². The number of aromatic nitrogens is 1. The summed E-state index contributed by atoms with van der Waals surface area (Å²) in [5.74, 6) is -0.518. The summed E-state index contributed by atoms with van der Waals surface area (Å²) in [4.78, 5) is 10.8. The first-order valence-corrected chi connectivity index (χ1v) is 7.39. The highest BCUT2D eigenvalue weighted by Crippen LogP contribution is 2.34. The molecule has 0 aliphatic carbocycles. The maximum absolute atomic E-state index is 10.8. The molecule has 112 valence electrons.